The zero-order valence-electron chi connectivity index (χ0n) is 16.9. The molecule has 5 nitrogen and oxygen atoms in total. The number of piperidine rings is 1. The number of aromatic nitrogens is 1. The molecular formula is C23H25N3O2S2. The lowest BCUT2D eigenvalue weighted by atomic mass is 9.94. The van der Waals surface area contributed by atoms with E-state index in [9.17, 15) is 9.59 Å². The van der Waals surface area contributed by atoms with Gasteiger partial charge in [0.05, 0.1) is 12.1 Å². The van der Waals surface area contributed by atoms with Gasteiger partial charge in [0, 0.05) is 35.0 Å². The molecule has 7 heteroatoms. The molecule has 1 fully saturated rings. The van der Waals surface area contributed by atoms with Gasteiger partial charge in [-0.1, -0.05) is 18.2 Å². The lowest BCUT2D eigenvalue weighted by Gasteiger charge is -2.32. The number of pyridine rings is 1. The summed E-state index contributed by atoms with van der Waals surface area (Å²) in [6.07, 6.45) is 3.61. The van der Waals surface area contributed by atoms with E-state index < -0.39 is 0 Å². The number of thiophene rings is 2. The molecule has 1 N–H and O–H groups in total. The van der Waals surface area contributed by atoms with E-state index in [1.54, 1.807) is 28.9 Å². The van der Waals surface area contributed by atoms with Crippen LogP contribution in [0.2, 0.25) is 0 Å². The summed E-state index contributed by atoms with van der Waals surface area (Å²) in [4.78, 5) is 34.2. The Hall–Kier alpha value is -2.51. The number of rotatable bonds is 6. The van der Waals surface area contributed by atoms with Gasteiger partial charge in [0.25, 0.3) is 0 Å². The molecule has 1 unspecified atom stereocenters. The number of nitrogens with zero attached hydrogens (tertiary/aromatic N) is 2. The maximum absolute atomic E-state index is 13.1. The van der Waals surface area contributed by atoms with Crippen LogP contribution in [0, 0.1) is 12.8 Å². The zero-order chi connectivity index (χ0) is 20.9. The fourth-order valence-corrected chi connectivity index (χ4v) is 5.33. The summed E-state index contributed by atoms with van der Waals surface area (Å²) in [5.41, 5.74) is 1.95. The van der Waals surface area contributed by atoms with Crippen molar-refractivity contribution in [1.82, 2.24) is 15.2 Å². The molecule has 0 saturated carbocycles. The van der Waals surface area contributed by atoms with Crippen LogP contribution in [0.4, 0.5) is 0 Å². The number of likely N-dealkylation sites (tertiary alicyclic amines) is 1. The minimum absolute atomic E-state index is 0.0452. The Kier molecular flexibility index (Phi) is 6.59. The van der Waals surface area contributed by atoms with Crippen LogP contribution in [0.5, 0.6) is 0 Å². The second-order valence-electron chi connectivity index (χ2n) is 7.57. The number of amides is 2. The first-order chi connectivity index (χ1) is 14.6. The van der Waals surface area contributed by atoms with Gasteiger partial charge in [0.1, 0.15) is 6.04 Å². The highest BCUT2D eigenvalue weighted by Crippen LogP contribution is 2.28. The maximum Gasteiger partial charge on any atom is 0.227 e. The number of nitrogens with one attached hydrogen (secondary N) is 1. The summed E-state index contributed by atoms with van der Waals surface area (Å²) in [7, 11) is 0. The predicted molar refractivity (Wildman–Crippen MR) is 121 cm³/mol. The average Bonchev–Trinajstić information content (AvgIpc) is 3.47. The third-order valence-electron chi connectivity index (χ3n) is 5.56. The third-order valence-corrected chi connectivity index (χ3v) is 7.38. The first-order valence-electron chi connectivity index (χ1n) is 10.2. The van der Waals surface area contributed by atoms with Crippen molar-refractivity contribution >= 4 is 34.5 Å². The van der Waals surface area contributed by atoms with Gasteiger partial charge in [-0.2, -0.15) is 0 Å². The maximum atomic E-state index is 13.1. The SMILES string of the molecule is Cc1cccnc1C(NC(=O)C1CCN(C(=O)Cc2cccs2)CC1)c1cccs1. The van der Waals surface area contributed by atoms with E-state index in [1.807, 2.05) is 59.0 Å². The third kappa shape index (κ3) is 4.79. The Morgan fingerprint density at radius 1 is 1.13 bits per heavy atom. The molecule has 30 heavy (non-hydrogen) atoms. The highest BCUT2D eigenvalue weighted by Gasteiger charge is 2.30. The van der Waals surface area contributed by atoms with Gasteiger partial charge in [-0.25, -0.2) is 0 Å². The normalized spacial score (nSPS) is 15.7. The molecule has 0 bridgehead atoms. The van der Waals surface area contributed by atoms with Crippen molar-refractivity contribution in [3.63, 3.8) is 0 Å². The highest BCUT2D eigenvalue weighted by molar-refractivity contribution is 7.10. The molecule has 4 heterocycles. The Labute approximate surface area is 184 Å². The van der Waals surface area contributed by atoms with Crippen LogP contribution in [-0.4, -0.2) is 34.8 Å². The van der Waals surface area contributed by atoms with Gasteiger partial charge < -0.3 is 10.2 Å². The molecule has 0 aliphatic carbocycles. The van der Waals surface area contributed by atoms with Crippen LogP contribution in [0.1, 0.15) is 39.9 Å². The topological polar surface area (TPSA) is 62.3 Å². The predicted octanol–water partition coefficient (Wildman–Crippen LogP) is 4.20. The second-order valence-corrected chi connectivity index (χ2v) is 9.59. The summed E-state index contributed by atoms with van der Waals surface area (Å²) >= 11 is 3.23. The Bertz CT molecular complexity index is 978. The Morgan fingerprint density at radius 2 is 1.90 bits per heavy atom. The largest absolute Gasteiger partial charge is 0.343 e. The van der Waals surface area contributed by atoms with Crippen molar-refractivity contribution in [3.8, 4) is 0 Å². The Balaban J connectivity index is 1.38. The molecule has 1 atom stereocenters. The zero-order valence-corrected chi connectivity index (χ0v) is 18.5. The number of hydrogen-bond acceptors (Lipinski definition) is 5. The molecule has 1 aliphatic heterocycles. The molecule has 0 radical (unpaired) electrons. The van der Waals surface area contributed by atoms with Crippen molar-refractivity contribution in [2.45, 2.75) is 32.2 Å². The lowest BCUT2D eigenvalue weighted by molar-refractivity contribution is -0.135. The van der Waals surface area contributed by atoms with E-state index in [2.05, 4.69) is 10.3 Å². The van der Waals surface area contributed by atoms with Gasteiger partial charge in [0.2, 0.25) is 11.8 Å². The summed E-state index contributed by atoms with van der Waals surface area (Å²) in [6.45, 7) is 3.29. The minimum Gasteiger partial charge on any atom is -0.343 e. The van der Waals surface area contributed by atoms with Crippen LogP contribution >= 0.6 is 22.7 Å². The van der Waals surface area contributed by atoms with Crippen LogP contribution in [0.3, 0.4) is 0 Å². The summed E-state index contributed by atoms with van der Waals surface area (Å²) < 4.78 is 0. The van der Waals surface area contributed by atoms with E-state index in [-0.39, 0.29) is 23.8 Å². The summed E-state index contributed by atoms with van der Waals surface area (Å²) in [5, 5.41) is 7.24. The van der Waals surface area contributed by atoms with Crippen LogP contribution in [-0.2, 0) is 16.0 Å². The average molecular weight is 440 g/mol. The standard InChI is InChI=1S/C23H25N3O2S2/c1-16-5-2-10-24-21(16)22(19-7-4-14-30-19)25-23(28)17-8-11-26(12-9-17)20(27)15-18-6-3-13-29-18/h2-7,10,13-14,17,22H,8-9,11-12,15H2,1H3,(H,25,28). The van der Waals surface area contributed by atoms with E-state index in [4.69, 9.17) is 0 Å². The highest BCUT2D eigenvalue weighted by atomic mass is 32.1. The van der Waals surface area contributed by atoms with Gasteiger partial charge >= 0.3 is 0 Å². The monoisotopic (exact) mass is 439 g/mol. The van der Waals surface area contributed by atoms with Crippen molar-refractivity contribution in [1.29, 1.82) is 0 Å². The summed E-state index contributed by atoms with van der Waals surface area (Å²) in [6, 6.07) is 11.7. The van der Waals surface area contributed by atoms with Crippen LogP contribution in [0.25, 0.3) is 0 Å². The number of hydrogen-bond donors (Lipinski definition) is 1. The van der Waals surface area contributed by atoms with E-state index in [0.29, 0.717) is 32.4 Å². The van der Waals surface area contributed by atoms with Crippen molar-refractivity contribution < 1.29 is 9.59 Å². The smallest absolute Gasteiger partial charge is 0.227 e. The van der Waals surface area contributed by atoms with E-state index in [0.717, 1.165) is 21.0 Å². The second kappa shape index (κ2) is 9.53. The molecule has 4 rings (SSSR count). The first-order valence-corrected chi connectivity index (χ1v) is 11.9. The Morgan fingerprint density at radius 3 is 2.57 bits per heavy atom. The van der Waals surface area contributed by atoms with Gasteiger partial charge in [0.15, 0.2) is 0 Å². The van der Waals surface area contributed by atoms with Crippen molar-refractivity contribution in [2.24, 2.45) is 5.92 Å². The molecule has 0 spiro atoms. The fourth-order valence-electron chi connectivity index (χ4n) is 3.86. The molecule has 3 aromatic heterocycles. The van der Waals surface area contributed by atoms with Crippen LogP contribution in [0.15, 0.2) is 53.4 Å². The molecule has 2 amide bonds. The molecule has 1 saturated heterocycles. The molecular weight excluding hydrogens is 414 g/mol. The van der Waals surface area contributed by atoms with Crippen molar-refractivity contribution in [3.05, 3.63) is 74.4 Å². The number of carbonyl (C=O) groups is 2. The van der Waals surface area contributed by atoms with Gasteiger partial charge in [-0.15, -0.1) is 22.7 Å². The van der Waals surface area contributed by atoms with E-state index >= 15 is 0 Å². The quantitative estimate of drug-likeness (QED) is 0.626. The van der Waals surface area contributed by atoms with Crippen LogP contribution < -0.4 is 5.32 Å². The molecule has 1 aliphatic rings. The van der Waals surface area contributed by atoms with Gasteiger partial charge in [-0.05, 0) is 54.3 Å². The summed E-state index contributed by atoms with van der Waals surface area (Å²) in [5.74, 6) is 0.114. The first kappa shape index (κ1) is 20.8. The van der Waals surface area contributed by atoms with Crippen molar-refractivity contribution in [2.75, 3.05) is 13.1 Å². The lowest BCUT2D eigenvalue weighted by Crippen LogP contribution is -2.44. The fraction of sp³-hybridized carbons (Fsp3) is 0.348. The number of aryl methyl sites for hydroxylation is 1. The minimum atomic E-state index is -0.239. The van der Waals surface area contributed by atoms with Gasteiger partial charge in [-0.3, -0.25) is 14.6 Å². The molecule has 3 aromatic rings. The molecule has 0 aromatic carbocycles. The number of carbonyl (C=O) groups excluding carboxylic acids is 2. The van der Waals surface area contributed by atoms with E-state index in [1.165, 1.54) is 0 Å². The molecule has 156 valence electrons.